The molecule has 2 aliphatic rings. The molecule has 0 radical (unpaired) electrons. The molecule has 2 fully saturated rings. The Morgan fingerprint density at radius 1 is 1.40 bits per heavy atom. The summed E-state index contributed by atoms with van der Waals surface area (Å²) in [6, 6.07) is -0.238. The lowest BCUT2D eigenvalue weighted by molar-refractivity contribution is -0.00529. The molecule has 2 unspecified atom stereocenters. The third kappa shape index (κ3) is 3.44. The summed E-state index contributed by atoms with van der Waals surface area (Å²) in [6.07, 6.45) is 4.77. The molecule has 5 heteroatoms. The van der Waals surface area contributed by atoms with Crippen molar-refractivity contribution in [3.05, 3.63) is 0 Å². The van der Waals surface area contributed by atoms with Crippen LogP contribution in [0.4, 0.5) is 4.79 Å². The second-order valence-corrected chi connectivity index (χ2v) is 7.33. The highest BCUT2D eigenvalue weighted by molar-refractivity contribution is 5.68. The van der Waals surface area contributed by atoms with Gasteiger partial charge in [0.1, 0.15) is 5.60 Å². The average molecular weight is 284 g/mol. The number of hydrogen-bond donors (Lipinski definition) is 2. The van der Waals surface area contributed by atoms with Crippen LogP contribution in [0, 0.1) is 5.92 Å². The number of aliphatic hydroxyl groups is 1. The summed E-state index contributed by atoms with van der Waals surface area (Å²) in [5.74, 6) is 0.388. The molecule has 1 saturated heterocycles. The number of amides is 1. The van der Waals surface area contributed by atoms with Gasteiger partial charge in [0.05, 0.1) is 12.1 Å². The molecule has 1 heterocycles. The molecular weight excluding hydrogens is 256 g/mol. The number of rotatable bonds is 2. The van der Waals surface area contributed by atoms with Crippen molar-refractivity contribution in [1.29, 1.82) is 0 Å². The first-order chi connectivity index (χ1) is 9.21. The molecule has 1 aliphatic heterocycles. The number of carbonyl (C=O) groups is 1. The number of ether oxygens (including phenoxy) is 1. The van der Waals surface area contributed by atoms with Gasteiger partial charge in [0, 0.05) is 12.6 Å². The van der Waals surface area contributed by atoms with Crippen molar-refractivity contribution >= 4 is 6.09 Å². The SMILES string of the molecule is CC(C)(C)OC(=O)N1CCC(O)(C(N)C2CCCC2)C1. The Bertz CT molecular complexity index is 361. The quantitative estimate of drug-likeness (QED) is 0.811. The van der Waals surface area contributed by atoms with Gasteiger partial charge >= 0.3 is 6.09 Å². The van der Waals surface area contributed by atoms with E-state index in [1.807, 2.05) is 20.8 Å². The summed E-state index contributed by atoms with van der Waals surface area (Å²) in [5, 5.41) is 10.8. The van der Waals surface area contributed by atoms with Gasteiger partial charge in [0.2, 0.25) is 0 Å². The minimum atomic E-state index is -0.952. The Balaban J connectivity index is 1.94. The second kappa shape index (κ2) is 5.53. The molecule has 2 rings (SSSR count). The Morgan fingerprint density at radius 3 is 2.55 bits per heavy atom. The van der Waals surface area contributed by atoms with Crippen molar-refractivity contribution in [2.75, 3.05) is 13.1 Å². The Morgan fingerprint density at radius 2 is 2.00 bits per heavy atom. The van der Waals surface area contributed by atoms with E-state index in [0.29, 0.717) is 25.4 Å². The molecule has 116 valence electrons. The molecule has 20 heavy (non-hydrogen) atoms. The molecule has 2 atom stereocenters. The van der Waals surface area contributed by atoms with Gasteiger partial charge < -0.3 is 20.5 Å². The van der Waals surface area contributed by atoms with Crippen LogP contribution < -0.4 is 5.73 Å². The van der Waals surface area contributed by atoms with Gasteiger partial charge in [-0.05, 0) is 46.0 Å². The number of nitrogens with two attached hydrogens (primary N) is 1. The molecule has 1 saturated carbocycles. The van der Waals surface area contributed by atoms with E-state index in [4.69, 9.17) is 10.5 Å². The minimum absolute atomic E-state index is 0.238. The van der Waals surface area contributed by atoms with Crippen molar-refractivity contribution < 1.29 is 14.6 Å². The van der Waals surface area contributed by atoms with Crippen molar-refractivity contribution in [2.24, 2.45) is 11.7 Å². The van der Waals surface area contributed by atoms with E-state index in [1.54, 1.807) is 4.90 Å². The molecule has 0 bridgehead atoms. The van der Waals surface area contributed by atoms with Crippen molar-refractivity contribution in [1.82, 2.24) is 4.90 Å². The zero-order chi connectivity index (χ0) is 15.0. The largest absolute Gasteiger partial charge is 0.444 e. The van der Waals surface area contributed by atoms with Gasteiger partial charge in [-0.3, -0.25) is 0 Å². The van der Waals surface area contributed by atoms with Crippen LogP contribution in [-0.4, -0.2) is 46.4 Å². The van der Waals surface area contributed by atoms with Crippen molar-refractivity contribution in [3.8, 4) is 0 Å². The molecule has 5 nitrogen and oxygen atoms in total. The third-order valence-corrected chi connectivity index (χ3v) is 4.46. The van der Waals surface area contributed by atoms with E-state index in [2.05, 4.69) is 0 Å². The Labute approximate surface area is 121 Å². The summed E-state index contributed by atoms with van der Waals surface area (Å²) in [6.45, 7) is 6.34. The van der Waals surface area contributed by atoms with Gasteiger partial charge in [0.15, 0.2) is 0 Å². The molecule has 0 spiro atoms. The number of β-amino-alcohol motifs (C(OH)–C–C–N with tert-alkyl or cyclic N) is 1. The molecule has 1 amide bonds. The fourth-order valence-electron chi connectivity index (χ4n) is 3.33. The minimum Gasteiger partial charge on any atom is -0.444 e. The second-order valence-electron chi connectivity index (χ2n) is 7.33. The number of carbonyl (C=O) groups excluding carboxylic acids is 1. The van der Waals surface area contributed by atoms with Crippen LogP contribution in [-0.2, 0) is 4.74 Å². The van der Waals surface area contributed by atoms with E-state index in [1.165, 1.54) is 12.8 Å². The monoisotopic (exact) mass is 284 g/mol. The lowest BCUT2D eigenvalue weighted by Gasteiger charge is -2.34. The standard InChI is InChI=1S/C15H28N2O3/c1-14(2,3)20-13(18)17-9-8-15(19,10-17)12(16)11-6-4-5-7-11/h11-12,19H,4-10,16H2,1-3H3. The first kappa shape index (κ1) is 15.6. The zero-order valence-corrected chi connectivity index (χ0v) is 12.9. The number of hydrogen-bond acceptors (Lipinski definition) is 4. The maximum absolute atomic E-state index is 12.0. The van der Waals surface area contributed by atoms with Crippen LogP contribution in [0.5, 0.6) is 0 Å². The molecule has 1 aliphatic carbocycles. The van der Waals surface area contributed by atoms with Crippen LogP contribution >= 0.6 is 0 Å². The van der Waals surface area contributed by atoms with E-state index in [0.717, 1.165) is 12.8 Å². The third-order valence-electron chi connectivity index (χ3n) is 4.46. The van der Waals surface area contributed by atoms with E-state index in [-0.39, 0.29) is 12.1 Å². The fraction of sp³-hybridized carbons (Fsp3) is 0.933. The van der Waals surface area contributed by atoms with E-state index < -0.39 is 11.2 Å². The summed E-state index contributed by atoms with van der Waals surface area (Å²) in [5.41, 5.74) is 4.82. The van der Waals surface area contributed by atoms with Gasteiger partial charge in [-0.1, -0.05) is 12.8 Å². The fourth-order valence-corrected chi connectivity index (χ4v) is 3.33. The summed E-state index contributed by atoms with van der Waals surface area (Å²) >= 11 is 0. The van der Waals surface area contributed by atoms with Crippen molar-refractivity contribution in [2.45, 2.75) is 70.1 Å². The van der Waals surface area contributed by atoms with Crippen LogP contribution in [0.2, 0.25) is 0 Å². The van der Waals surface area contributed by atoms with Crippen LogP contribution in [0.25, 0.3) is 0 Å². The smallest absolute Gasteiger partial charge is 0.410 e. The summed E-state index contributed by atoms with van der Waals surface area (Å²) < 4.78 is 5.36. The van der Waals surface area contributed by atoms with Gasteiger partial charge in [-0.15, -0.1) is 0 Å². The van der Waals surface area contributed by atoms with Crippen LogP contribution in [0.3, 0.4) is 0 Å². The predicted octanol–water partition coefficient (Wildman–Crippen LogP) is 1.88. The van der Waals surface area contributed by atoms with Gasteiger partial charge in [0.25, 0.3) is 0 Å². The maximum Gasteiger partial charge on any atom is 0.410 e. The van der Waals surface area contributed by atoms with E-state index in [9.17, 15) is 9.90 Å². The predicted molar refractivity (Wildman–Crippen MR) is 77.3 cm³/mol. The number of nitrogens with zero attached hydrogens (tertiary/aromatic N) is 1. The molecule has 0 aromatic heterocycles. The lowest BCUT2D eigenvalue weighted by Crippen LogP contribution is -2.54. The molecular formula is C15H28N2O3. The summed E-state index contributed by atoms with van der Waals surface area (Å²) in [7, 11) is 0. The van der Waals surface area contributed by atoms with E-state index >= 15 is 0 Å². The molecule has 0 aromatic rings. The highest BCUT2D eigenvalue weighted by Crippen LogP contribution is 2.35. The first-order valence-corrected chi connectivity index (χ1v) is 7.67. The van der Waals surface area contributed by atoms with Crippen LogP contribution in [0.15, 0.2) is 0 Å². The normalized spacial score (nSPS) is 29.8. The van der Waals surface area contributed by atoms with Crippen molar-refractivity contribution in [3.63, 3.8) is 0 Å². The van der Waals surface area contributed by atoms with Crippen LogP contribution in [0.1, 0.15) is 52.9 Å². The Hall–Kier alpha value is -0.810. The molecule has 0 aromatic carbocycles. The first-order valence-electron chi connectivity index (χ1n) is 7.67. The van der Waals surface area contributed by atoms with Gasteiger partial charge in [-0.25, -0.2) is 4.79 Å². The lowest BCUT2D eigenvalue weighted by atomic mass is 9.83. The topological polar surface area (TPSA) is 75.8 Å². The Kier molecular flexibility index (Phi) is 4.30. The number of likely N-dealkylation sites (tertiary alicyclic amines) is 1. The van der Waals surface area contributed by atoms with Gasteiger partial charge in [-0.2, -0.15) is 0 Å². The summed E-state index contributed by atoms with van der Waals surface area (Å²) in [4.78, 5) is 13.6. The maximum atomic E-state index is 12.0. The molecule has 3 N–H and O–H groups in total. The highest BCUT2D eigenvalue weighted by atomic mass is 16.6. The average Bonchev–Trinajstić information content (AvgIpc) is 2.95. The highest BCUT2D eigenvalue weighted by Gasteiger charge is 2.46. The zero-order valence-electron chi connectivity index (χ0n) is 12.9.